The van der Waals surface area contributed by atoms with E-state index < -0.39 is 11.2 Å². The van der Waals surface area contributed by atoms with E-state index in [9.17, 15) is 9.59 Å². The van der Waals surface area contributed by atoms with E-state index in [1.54, 1.807) is 12.1 Å². The van der Waals surface area contributed by atoms with Crippen LogP contribution in [-0.2, 0) is 4.74 Å². The molecule has 0 bridgehead atoms. The molecule has 1 aliphatic heterocycles. The zero-order chi connectivity index (χ0) is 12.5. The van der Waals surface area contributed by atoms with Crippen molar-refractivity contribution in [3.63, 3.8) is 0 Å². The zero-order valence-electron chi connectivity index (χ0n) is 10.0. The zero-order valence-corrected chi connectivity index (χ0v) is 10.0. The monoisotopic (exact) mass is 240 g/mol. The van der Waals surface area contributed by atoms with E-state index in [4.69, 9.17) is 4.74 Å². The molecule has 1 heterocycles. The Morgan fingerprint density at radius 3 is 2.28 bits per heavy atom. The predicted molar refractivity (Wildman–Crippen MR) is 64.8 cm³/mol. The third-order valence-corrected chi connectivity index (χ3v) is 4.33. The summed E-state index contributed by atoms with van der Waals surface area (Å²) in [4.78, 5) is 25.2. The van der Waals surface area contributed by atoms with E-state index >= 15 is 0 Å². The Balaban J connectivity index is 1.99. The highest BCUT2D eigenvalue weighted by Crippen LogP contribution is 2.61. The minimum atomic E-state index is -0.889. The molecule has 0 saturated carbocycles. The van der Waals surface area contributed by atoms with E-state index in [1.165, 1.54) is 0 Å². The molecule has 2 unspecified atom stereocenters. The molecule has 1 aromatic rings. The van der Waals surface area contributed by atoms with Crippen LogP contribution >= 0.6 is 0 Å². The van der Waals surface area contributed by atoms with Crippen molar-refractivity contribution in [1.29, 1.82) is 0 Å². The van der Waals surface area contributed by atoms with Gasteiger partial charge < -0.3 is 4.74 Å². The normalized spacial score (nSPS) is 35.8. The molecule has 3 aliphatic rings. The first-order valence-electron chi connectivity index (χ1n) is 6.16. The van der Waals surface area contributed by atoms with Gasteiger partial charge in [-0.15, -0.1) is 0 Å². The van der Waals surface area contributed by atoms with Gasteiger partial charge in [0.2, 0.25) is 0 Å². The van der Waals surface area contributed by atoms with Crippen molar-refractivity contribution in [3.8, 4) is 0 Å². The first kappa shape index (κ1) is 10.2. The second kappa shape index (κ2) is 2.81. The number of hydrogen-bond acceptors (Lipinski definition) is 3. The van der Waals surface area contributed by atoms with Crippen LogP contribution in [0.1, 0.15) is 39.1 Å². The van der Waals surface area contributed by atoms with Crippen molar-refractivity contribution in [1.82, 2.24) is 0 Å². The van der Waals surface area contributed by atoms with Crippen LogP contribution in [0, 0.1) is 6.92 Å². The highest BCUT2D eigenvalue weighted by atomic mass is 16.6. The van der Waals surface area contributed by atoms with Gasteiger partial charge in [-0.2, -0.15) is 0 Å². The van der Waals surface area contributed by atoms with Crippen molar-refractivity contribution in [2.24, 2.45) is 0 Å². The molecule has 0 spiro atoms. The van der Waals surface area contributed by atoms with E-state index in [0.717, 1.165) is 5.56 Å². The fourth-order valence-electron chi connectivity index (χ4n) is 3.31. The van der Waals surface area contributed by atoms with Gasteiger partial charge in [0.1, 0.15) is 0 Å². The third kappa shape index (κ3) is 0.884. The van der Waals surface area contributed by atoms with Gasteiger partial charge in [0.25, 0.3) is 0 Å². The number of Topliss-reactive ketones (excluding diaryl/α,β-unsaturated/α-hetero) is 2. The van der Waals surface area contributed by atoms with E-state index in [1.807, 2.05) is 25.1 Å². The third-order valence-electron chi connectivity index (χ3n) is 4.33. The molecule has 0 radical (unpaired) electrons. The quantitative estimate of drug-likeness (QED) is 0.516. The van der Waals surface area contributed by atoms with Crippen LogP contribution < -0.4 is 0 Å². The number of aryl methyl sites for hydroxylation is 1. The Morgan fingerprint density at radius 2 is 1.61 bits per heavy atom. The second-order valence-electron chi connectivity index (χ2n) is 5.34. The molecule has 90 valence electrons. The van der Waals surface area contributed by atoms with Crippen LogP contribution in [0.25, 0.3) is 0 Å². The molecule has 0 amide bonds. The van der Waals surface area contributed by atoms with Gasteiger partial charge in [0, 0.05) is 24.0 Å². The Kier molecular flexibility index (Phi) is 1.59. The lowest BCUT2D eigenvalue weighted by atomic mass is 9.69. The smallest absolute Gasteiger partial charge is 0.199 e. The molecular formula is C15H12O3. The molecule has 3 nitrogen and oxygen atoms in total. The van der Waals surface area contributed by atoms with Gasteiger partial charge in [-0.3, -0.25) is 9.59 Å². The maximum atomic E-state index is 12.6. The molecule has 0 aromatic heterocycles. The van der Waals surface area contributed by atoms with Crippen LogP contribution in [0.4, 0.5) is 0 Å². The number of rotatable bonds is 0. The molecule has 2 aliphatic carbocycles. The minimum Gasteiger partial charge on any atom is -0.344 e. The predicted octanol–water partition coefficient (Wildman–Crippen LogP) is 2.23. The molecule has 2 atom stereocenters. The van der Waals surface area contributed by atoms with Gasteiger partial charge in [0.15, 0.2) is 22.8 Å². The number of epoxide rings is 1. The first-order chi connectivity index (χ1) is 8.61. The number of carbonyl (C=O) groups excluding carboxylic acids is 2. The summed E-state index contributed by atoms with van der Waals surface area (Å²) in [6, 6.07) is 5.42. The number of ether oxygens (including phenoxy) is 1. The summed E-state index contributed by atoms with van der Waals surface area (Å²) in [6.45, 7) is 1.92. The standard InChI is InChI=1S/C15H12O3/c1-9-4-5-10-11(8-9)13(17)15-7-3-2-6-14(15,18-15)12(10)16/h2-5,8H,6-7H2,1H3. The van der Waals surface area contributed by atoms with E-state index in [0.29, 0.717) is 24.0 Å². The lowest BCUT2D eigenvalue weighted by molar-refractivity contribution is 0.0837. The van der Waals surface area contributed by atoms with Gasteiger partial charge in [-0.25, -0.2) is 0 Å². The number of hydrogen-bond donors (Lipinski definition) is 0. The summed E-state index contributed by atoms with van der Waals surface area (Å²) < 4.78 is 5.70. The summed E-state index contributed by atoms with van der Waals surface area (Å²) in [5.41, 5.74) is 0.268. The van der Waals surface area contributed by atoms with E-state index in [2.05, 4.69) is 0 Å². The van der Waals surface area contributed by atoms with E-state index in [-0.39, 0.29) is 11.6 Å². The van der Waals surface area contributed by atoms with Gasteiger partial charge in [-0.1, -0.05) is 29.8 Å². The lowest BCUT2D eigenvalue weighted by Crippen LogP contribution is -2.45. The number of benzene rings is 1. The van der Waals surface area contributed by atoms with Crippen LogP contribution in [0.5, 0.6) is 0 Å². The molecule has 4 rings (SSSR count). The SMILES string of the molecule is Cc1ccc2c(c1)C(=O)C13CC=CCC1(O3)C2=O. The van der Waals surface area contributed by atoms with Gasteiger partial charge in [-0.05, 0) is 13.0 Å². The summed E-state index contributed by atoms with van der Waals surface area (Å²) in [5.74, 6) is -0.0494. The van der Waals surface area contributed by atoms with Crippen molar-refractivity contribution >= 4 is 11.6 Å². The number of ketones is 2. The number of carbonyl (C=O) groups is 2. The number of fused-ring (bicyclic) bond motifs is 1. The van der Waals surface area contributed by atoms with Crippen LogP contribution in [0.2, 0.25) is 0 Å². The molecule has 1 saturated heterocycles. The molecule has 1 aromatic carbocycles. The summed E-state index contributed by atoms with van der Waals surface area (Å²) in [7, 11) is 0. The largest absolute Gasteiger partial charge is 0.344 e. The molecule has 18 heavy (non-hydrogen) atoms. The Labute approximate surface area is 104 Å². The van der Waals surface area contributed by atoms with Crippen LogP contribution in [0.3, 0.4) is 0 Å². The topological polar surface area (TPSA) is 46.7 Å². The summed E-state index contributed by atoms with van der Waals surface area (Å²) in [6.07, 6.45) is 4.92. The highest BCUT2D eigenvalue weighted by molar-refractivity contribution is 6.25. The Bertz CT molecular complexity index is 643. The maximum absolute atomic E-state index is 12.6. The Hall–Kier alpha value is -1.74. The van der Waals surface area contributed by atoms with Crippen LogP contribution in [-0.4, -0.2) is 22.8 Å². The maximum Gasteiger partial charge on any atom is 0.199 e. The highest BCUT2D eigenvalue weighted by Gasteiger charge is 2.80. The lowest BCUT2D eigenvalue weighted by Gasteiger charge is -2.25. The molecule has 3 heteroatoms. The van der Waals surface area contributed by atoms with Crippen molar-refractivity contribution in [2.45, 2.75) is 31.0 Å². The summed E-state index contributed by atoms with van der Waals surface area (Å²) in [5, 5.41) is 0. The molecule has 0 N–H and O–H groups in total. The van der Waals surface area contributed by atoms with Crippen molar-refractivity contribution < 1.29 is 14.3 Å². The molecule has 1 fully saturated rings. The second-order valence-corrected chi connectivity index (χ2v) is 5.34. The van der Waals surface area contributed by atoms with Gasteiger partial charge in [0.05, 0.1) is 0 Å². The average Bonchev–Trinajstić information content (AvgIpc) is 3.08. The van der Waals surface area contributed by atoms with Crippen molar-refractivity contribution in [2.75, 3.05) is 0 Å². The van der Waals surface area contributed by atoms with Gasteiger partial charge >= 0.3 is 0 Å². The first-order valence-corrected chi connectivity index (χ1v) is 6.16. The average molecular weight is 240 g/mol. The fourth-order valence-corrected chi connectivity index (χ4v) is 3.31. The Morgan fingerprint density at radius 1 is 1.00 bits per heavy atom. The fraction of sp³-hybridized carbons (Fsp3) is 0.333. The molecular weight excluding hydrogens is 228 g/mol. The summed E-state index contributed by atoms with van der Waals surface area (Å²) >= 11 is 0. The van der Waals surface area contributed by atoms with Crippen LogP contribution in [0.15, 0.2) is 30.4 Å². The minimum absolute atomic E-state index is 0.0230. The van der Waals surface area contributed by atoms with Crippen molar-refractivity contribution in [3.05, 3.63) is 47.0 Å².